The number of hydrogen-bond donors (Lipinski definition) is 2. The molecule has 0 saturated carbocycles. The van der Waals surface area contributed by atoms with Gasteiger partial charge in [-0.2, -0.15) is 0 Å². The van der Waals surface area contributed by atoms with E-state index in [1.807, 2.05) is 20.8 Å². The topological polar surface area (TPSA) is 107 Å². The molecule has 8 heteroatoms. The van der Waals surface area contributed by atoms with Gasteiger partial charge < -0.3 is 25.4 Å². The van der Waals surface area contributed by atoms with E-state index in [9.17, 15) is 9.59 Å². The Morgan fingerprint density at radius 3 is 2.71 bits per heavy atom. The van der Waals surface area contributed by atoms with Gasteiger partial charge in [-0.1, -0.05) is 0 Å². The lowest BCUT2D eigenvalue weighted by Crippen LogP contribution is -2.36. The minimum Gasteiger partial charge on any atom is -0.464 e. The van der Waals surface area contributed by atoms with Crippen LogP contribution in [0, 0.1) is 0 Å². The van der Waals surface area contributed by atoms with Crippen LogP contribution in [0.3, 0.4) is 0 Å². The molecule has 0 radical (unpaired) electrons. The SMILES string of the molecule is COC(=O)c1ccc(N)c(NC2CCN(C(=O)OC(C)(C)C)C2)n1. The summed E-state index contributed by atoms with van der Waals surface area (Å²) in [4.78, 5) is 29.5. The van der Waals surface area contributed by atoms with E-state index in [-0.39, 0.29) is 17.8 Å². The smallest absolute Gasteiger partial charge is 0.410 e. The van der Waals surface area contributed by atoms with E-state index in [4.69, 9.17) is 10.5 Å². The molecule has 1 aliphatic rings. The largest absolute Gasteiger partial charge is 0.464 e. The number of nitrogens with zero attached hydrogens (tertiary/aromatic N) is 2. The van der Waals surface area contributed by atoms with Crippen molar-refractivity contribution in [3.63, 3.8) is 0 Å². The van der Waals surface area contributed by atoms with Gasteiger partial charge in [-0.3, -0.25) is 0 Å². The number of ether oxygens (including phenoxy) is 2. The Morgan fingerprint density at radius 1 is 1.38 bits per heavy atom. The van der Waals surface area contributed by atoms with Gasteiger partial charge in [0.2, 0.25) is 0 Å². The van der Waals surface area contributed by atoms with Crippen molar-refractivity contribution in [2.75, 3.05) is 31.2 Å². The standard InChI is InChI=1S/C16H24N4O4/c1-16(2,3)24-15(22)20-8-7-10(9-20)18-13-11(17)5-6-12(19-13)14(21)23-4/h5-6,10H,7-9,17H2,1-4H3,(H,18,19). The Labute approximate surface area is 141 Å². The van der Waals surface area contributed by atoms with E-state index in [0.717, 1.165) is 6.42 Å². The van der Waals surface area contributed by atoms with Crippen molar-refractivity contribution in [2.24, 2.45) is 0 Å². The number of esters is 1. The number of nitrogens with two attached hydrogens (primary N) is 1. The molecule has 3 N–H and O–H groups in total. The maximum atomic E-state index is 12.1. The van der Waals surface area contributed by atoms with Crippen LogP contribution in [-0.4, -0.2) is 53.8 Å². The highest BCUT2D eigenvalue weighted by molar-refractivity contribution is 5.88. The minimum atomic E-state index is -0.528. The summed E-state index contributed by atoms with van der Waals surface area (Å²) >= 11 is 0. The van der Waals surface area contributed by atoms with Crippen LogP contribution >= 0.6 is 0 Å². The molecule has 1 atom stereocenters. The highest BCUT2D eigenvalue weighted by atomic mass is 16.6. The van der Waals surface area contributed by atoms with Gasteiger partial charge in [0.15, 0.2) is 5.69 Å². The zero-order valence-electron chi connectivity index (χ0n) is 14.5. The first kappa shape index (κ1) is 17.8. The first-order chi connectivity index (χ1) is 11.2. The van der Waals surface area contributed by atoms with Crippen molar-refractivity contribution in [1.29, 1.82) is 0 Å². The fraction of sp³-hybridized carbons (Fsp3) is 0.562. The summed E-state index contributed by atoms with van der Waals surface area (Å²) in [5.74, 6) is -0.117. The van der Waals surface area contributed by atoms with E-state index >= 15 is 0 Å². The average molecular weight is 336 g/mol. The lowest BCUT2D eigenvalue weighted by molar-refractivity contribution is 0.0293. The van der Waals surface area contributed by atoms with Crippen molar-refractivity contribution in [3.8, 4) is 0 Å². The number of carbonyl (C=O) groups excluding carboxylic acids is 2. The lowest BCUT2D eigenvalue weighted by atomic mass is 10.2. The first-order valence-corrected chi connectivity index (χ1v) is 7.79. The highest BCUT2D eigenvalue weighted by Gasteiger charge is 2.30. The molecule has 24 heavy (non-hydrogen) atoms. The molecule has 0 spiro atoms. The maximum Gasteiger partial charge on any atom is 0.410 e. The Hall–Kier alpha value is -2.51. The fourth-order valence-electron chi connectivity index (χ4n) is 2.37. The molecule has 1 unspecified atom stereocenters. The first-order valence-electron chi connectivity index (χ1n) is 7.79. The van der Waals surface area contributed by atoms with Gasteiger partial charge in [0, 0.05) is 19.1 Å². The van der Waals surface area contributed by atoms with E-state index < -0.39 is 11.6 Å². The zero-order chi connectivity index (χ0) is 17.9. The molecule has 1 amide bonds. The van der Waals surface area contributed by atoms with Crippen LogP contribution in [-0.2, 0) is 9.47 Å². The van der Waals surface area contributed by atoms with Crippen LogP contribution in [0.1, 0.15) is 37.7 Å². The molecular formula is C16H24N4O4. The van der Waals surface area contributed by atoms with Crippen LogP contribution in [0.4, 0.5) is 16.3 Å². The summed E-state index contributed by atoms with van der Waals surface area (Å²) in [7, 11) is 1.29. The number of aromatic nitrogens is 1. The third-order valence-electron chi connectivity index (χ3n) is 3.50. The predicted octanol–water partition coefficient (Wildman–Crippen LogP) is 1.87. The second-order valence-electron chi connectivity index (χ2n) is 6.68. The number of hydrogen-bond acceptors (Lipinski definition) is 7. The number of methoxy groups -OCH3 is 1. The maximum absolute atomic E-state index is 12.1. The van der Waals surface area contributed by atoms with Crippen molar-refractivity contribution >= 4 is 23.6 Å². The second kappa shape index (κ2) is 6.94. The molecule has 1 aliphatic heterocycles. The van der Waals surface area contributed by atoms with Gasteiger partial charge in [0.1, 0.15) is 11.4 Å². The van der Waals surface area contributed by atoms with Crippen LogP contribution in [0.25, 0.3) is 0 Å². The number of amides is 1. The van der Waals surface area contributed by atoms with E-state index in [1.54, 1.807) is 11.0 Å². The molecule has 1 saturated heterocycles. The number of pyridine rings is 1. The van der Waals surface area contributed by atoms with Gasteiger partial charge in [0.25, 0.3) is 0 Å². The molecule has 1 fully saturated rings. The number of nitrogens with one attached hydrogen (secondary N) is 1. The average Bonchev–Trinajstić information content (AvgIpc) is 2.96. The van der Waals surface area contributed by atoms with Crippen LogP contribution in [0.5, 0.6) is 0 Å². The van der Waals surface area contributed by atoms with Crippen LogP contribution in [0.15, 0.2) is 12.1 Å². The third kappa shape index (κ3) is 4.50. The van der Waals surface area contributed by atoms with E-state index in [0.29, 0.717) is 24.6 Å². The monoisotopic (exact) mass is 336 g/mol. The quantitative estimate of drug-likeness (QED) is 0.811. The van der Waals surface area contributed by atoms with Gasteiger partial charge >= 0.3 is 12.1 Å². The second-order valence-corrected chi connectivity index (χ2v) is 6.68. The predicted molar refractivity (Wildman–Crippen MR) is 89.8 cm³/mol. The van der Waals surface area contributed by atoms with Gasteiger partial charge in [0.05, 0.1) is 12.8 Å². The number of rotatable bonds is 3. The lowest BCUT2D eigenvalue weighted by Gasteiger charge is -2.24. The summed E-state index contributed by atoms with van der Waals surface area (Å²) in [6, 6.07) is 3.09. The summed E-state index contributed by atoms with van der Waals surface area (Å²) < 4.78 is 10.0. The molecule has 2 rings (SSSR count). The molecule has 1 aromatic heterocycles. The van der Waals surface area contributed by atoms with Crippen molar-refractivity contribution in [2.45, 2.75) is 38.8 Å². The Bertz CT molecular complexity index is 627. The summed E-state index contributed by atoms with van der Waals surface area (Å²) in [6.45, 7) is 6.57. The summed E-state index contributed by atoms with van der Waals surface area (Å²) in [6.07, 6.45) is 0.402. The number of carbonyl (C=O) groups is 2. The molecule has 8 nitrogen and oxygen atoms in total. The molecular weight excluding hydrogens is 312 g/mol. The van der Waals surface area contributed by atoms with Gasteiger partial charge in [-0.15, -0.1) is 0 Å². The number of likely N-dealkylation sites (tertiary alicyclic amines) is 1. The van der Waals surface area contributed by atoms with Crippen LogP contribution < -0.4 is 11.1 Å². The normalized spacial score (nSPS) is 17.5. The zero-order valence-corrected chi connectivity index (χ0v) is 14.5. The third-order valence-corrected chi connectivity index (χ3v) is 3.50. The fourth-order valence-corrected chi connectivity index (χ4v) is 2.37. The van der Waals surface area contributed by atoms with Crippen LogP contribution in [0.2, 0.25) is 0 Å². The molecule has 2 heterocycles. The highest BCUT2D eigenvalue weighted by Crippen LogP contribution is 2.22. The summed E-state index contributed by atoms with van der Waals surface area (Å²) in [5, 5.41) is 3.18. The van der Waals surface area contributed by atoms with Crippen molar-refractivity contribution in [3.05, 3.63) is 17.8 Å². The Morgan fingerprint density at radius 2 is 2.08 bits per heavy atom. The van der Waals surface area contributed by atoms with Crippen molar-refractivity contribution in [1.82, 2.24) is 9.88 Å². The minimum absolute atomic E-state index is 0.0137. The Balaban J connectivity index is 2.00. The van der Waals surface area contributed by atoms with E-state index in [2.05, 4.69) is 15.0 Å². The number of nitrogen functional groups attached to an aromatic ring is 1. The number of anilines is 2. The molecule has 1 aromatic rings. The van der Waals surface area contributed by atoms with Gasteiger partial charge in [-0.25, -0.2) is 14.6 Å². The van der Waals surface area contributed by atoms with E-state index in [1.165, 1.54) is 13.2 Å². The molecule has 132 valence electrons. The molecule has 0 aromatic carbocycles. The van der Waals surface area contributed by atoms with Crippen molar-refractivity contribution < 1.29 is 19.1 Å². The molecule has 0 aliphatic carbocycles. The summed E-state index contributed by atoms with van der Waals surface area (Å²) in [5.41, 5.74) is 5.99. The Kier molecular flexibility index (Phi) is 5.16. The van der Waals surface area contributed by atoms with Gasteiger partial charge in [-0.05, 0) is 39.3 Å². The molecule has 0 bridgehead atoms.